The molecule has 0 spiro atoms. The Morgan fingerprint density at radius 2 is 2.00 bits per heavy atom. The van der Waals surface area contributed by atoms with Crippen LogP contribution in [-0.2, 0) is 17.9 Å². The third-order valence-corrected chi connectivity index (χ3v) is 7.85. The van der Waals surface area contributed by atoms with Gasteiger partial charge in [0.05, 0.1) is 0 Å². The van der Waals surface area contributed by atoms with Crippen molar-refractivity contribution < 1.29 is 14.8 Å². The van der Waals surface area contributed by atoms with Crippen LogP contribution in [0.4, 0.5) is 5.69 Å². The van der Waals surface area contributed by atoms with Crippen molar-refractivity contribution in [2.45, 2.75) is 37.9 Å². The molecule has 4 heterocycles. The van der Waals surface area contributed by atoms with Gasteiger partial charge in [-0.15, -0.1) is 0 Å². The number of likely N-dealkylation sites (tertiary alicyclic amines) is 1. The molecule has 34 heavy (non-hydrogen) atoms. The molecule has 2 aromatic rings. The molecule has 1 N–H and O–H groups in total. The fourth-order valence-electron chi connectivity index (χ4n) is 5.64. The summed E-state index contributed by atoms with van der Waals surface area (Å²) in [6, 6.07) is 10.0. The minimum absolute atomic E-state index is 0.0373. The molecule has 0 aliphatic carbocycles. The number of rotatable bonds is 6. The molecule has 10 heteroatoms. The van der Waals surface area contributed by atoms with E-state index in [1.807, 2.05) is 35.4 Å². The molecule has 2 amide bonds. The van der Waals surface area contributed by atoms with E-state index in [0.717, 1.165) is 23.4 Å². The highest BCUT2D eigenvalue weighted by molar-refractivity contribution is 7.98. The van der Waals surface area contributed by atoms with Gasteiger partial charge in [-0.3, -0.25) is 19.6 Å². The normalized spacial score (nSPS) is 21.8. The smallest absolute Gasteiger partial charge is 0.275 e. The lowest BCUT2D eigenvalue weighted by molar-refractivity contribution is -0.139. The second kappa shape index (κ2) is 9.09. The summed E-state index contributed by atoms with van der Waals surface area (Å²) in [5.41, 5.74) is 1.57. The average molecular weight is 484 g/mol. The predicted octanol–water partition coefficient (Wildman–Crippen LogP) is 2.27. The Labute approximate surface area is 201 Å². The molecule has 9 nitrogen and oxygen atoms in total. The Hall–Kier alpha value is -2.82. The number of aromatic nitrogens is 1. The number of carbonyl (C=O) groups is 2. The zero-order valence-electron chi connectivity index (χ0n) is 18.9. The average Bonchev–Trinajstić information content (AvgIpc) is 3.16. The van der Waals surface area contributed by atoms with E-state index in [1.165, 1.54) is 6.07 Å². The van der Waals surface area contributed by atoms with Crippen molar-refractivity contribution in [2.24, 2.45) is 5.92 Å². The number of amides is 2. The van der Waals surface area contributed by atoms with E-state index in [-0.39, 0.29) is 29.3 Å². The van der Waals surface area contributed by atoms with Gasteiger partial charge in [0.15, 0.2) is 0 Å². The van der Waals surface area contributed by atoms with Crippen LogP contribution >= 0.6 is 11.8 Å². The van der Waals surface area contributed by atoms with E-state index in [0.29, 0.717) is 38.2 Å². The van der Waals surface area contributed by atoms with E-state index < -0.39 is 16.8 Å². The van der Waals surface area contributed by atoms with Gasteiger partial charge in [-0.1, -0.05) is 18.2 Å². The molecule has 3 atom stereocenters. The van der Waals surface area contributed by atoms with E-state index in [1.54, 1.807) is 27.3 Å². The molecule has 1 aromatic heterocycles. The van der Waals surface area contributed by atoms with Crippen LogP contribution in [0.3, 0.4) is 0 Å². The second-order valence-electron chi connectivity index (χ2n) is 9.26. The first kappa shape index (κ1) is 22.9. The maximum atomic E-state index is 13.8. The van der Waals surface area contributed by atoms with Crippen LogP contribution in [0.25, 0.3) is 0 Å². The number of hydrogen-bond acceptors (Lipinski definition) is 7. The van der Waals surface area contributed by atoms with Gasteiger partial charge in [-0.2, -0.15) is 11.8 Å². The van der Waals surface area contributed by atoms with Crippen LogP contribution in [0.15, 0.2) is 41.2 Å². The van der Waals surface area contributed by atoms with Crippen LogP contribution in [0.5, 0.6) is 0 Å². The largest absolute Gasteiger partial charge is 0.733 e. The SMILES string of the molecule is CSCC[C@@H](C(=O)N1C[C@H]2C[C@@H](C1)c1ccc(N([O-])O)c(=O)n1C2)N1Cc2ccccc2C1=O. The zero-order chi connectivity index (χ0) is 24.0. The Morgan fingerprint density at radius 3 is 2.74 bits per heavy atom. The molecule has 1 aromatic carbocycles. The van der Waals surface area contributed by atoms with Crippen molar-refractivity contribution >= 4 is 29.3 Å². The Bertz CT molecular complexity index is 1180. The number of anilines is 1. The fourth-order valence-corrected chi connectivity index (χ4v) is 6.10. The van der Waals surface area contributed by atoms with Gasteiger partial charge >= 0.3 is 0 Å². The number of hydrogen-bond donors (Lipinski definition) is 1. The Morgan fingerprint density at radius 1 is 1.21 bits per heavy atom. The number of piperidine rings is 1. The summed E-state index contributed by atoms with van der Waals surface area (Å²) >= 11 is 1.65. The molecule has 1 saturated heterocycles. The van der Waals surface area contributed by atoms with Crippen molar-refractivity contribution in [3.8, 4) is 0 Å². The van der Waals surface area contributed by atoms with Crippen molar-refractivity contribution in [1.82, 2.24) is 14.4 Å². The van der Waals surface area contributed by atoms with Gasteiger partial charge < -0.3 is 24.8 Å². The van der Waals surface area contributed by atoms with Crippen molar-refractivity contribution in [3.63, 3.8) is 0 Å². The van der Waals surface area contributed by atoms with Crippen LogP contribution in [-0.4, -0.2) is 62.5 Å². The molecule has 0 saturated carbocycles. The minimum atomic E-state index is -0.529. The van der Waals surface area contributed by atoms with E-state index in [2.05, 4.69) is 0 Å². The minimum Gasteiger partial charge on any atom is -0.733 e. The zero-order valence-corrected chi connectivity index (χ0v) is 19.7. The number of nitrogens with zero attached hydrogens (tertiary/aromatic N) is 4. The topological polar surface area (TPSA) is 109 Å². The van der Waals surface area contributed by atoms with Crippen LogP contribution in [0, 0.1) is 11.1 Å². The molecule has 180 valence electrons. The summed E-state index contributed by atoms with van der Waals surface area (Å²) in [4.78, 5) is 43.2. The summed E-state index contributed by atoms with van der Waals surface area (Å²) in [6.45, 7) is 1.78. The second-order valence-corrected chi connectivity index (χ2v) is 10.2. The molecule has 3 aliphatic rings. The highest BCUT2D eigenvalue weighted by atomic mass is 32.2. The van der Waals surface area contributed by atoms with Gasteiger partial charge in [0.2, 0.25) is 5.91 Å². The molecule has 3 aliphatic heterocycles. The monoisotopic (exact) mass is 483 g/mol. The lowest BCUT2D eigenvalue weighted by atomic mass is 9.82. The summed E-state index contributed by atoms with van der Waals surface area (Å²) < 4.78 is 1.56. The van der Waals surface area contributed by atoms with Gasteiger partial charge in [0.25, 0.3) is 11.5 Å². The van der Waals surface area contributed by atoms with E-state index in [4.69, 9.17) is 0 Å². The third-order valence-electron chi connectivity index (χ3n) is 7.21. The van der Waals surface area contributed by atoms with E-state index >= 15 is 0 Å². The summed E-state index contributed by atoms with van der Waals surface area (Å²) in [5.74, 6) is 0.658. The Kier molecular flexibility index (Phi) is 6.13. The summed E-state index contributed by atoms with van der Waals surface area (Å²) in [5, 5.41) is 20.1. The Balaban J connectivity index is 1.40. The first-order chi connectivity index (χ1) is 16.4. The fraction of sp³-hybridized carbons (Fsp3) is 0.458. The standard InChI is InChI=1S/C24H27N4O5S/c1-34-9-8-20(27-14-16-4-2-3-5-18(16)22(27)29)23(30)25-11-15-10-17(13-25)19-6-7-21(28(32)33)24(31)26(19)12-15/h2-7,15,17,20,32H,8-14H2,1H3/q-1/t15-,17+,20+/m1/s1. The molecule has 2 bridgehead atoms. The molecule has 0 radical (unpaired) electrons. The first-order valence-corrected chi connectivity index (χ1v) is 12.8. The maximum Gasteiger partial charge on any atom is 0.275 e. The third kappa shape index (κ3) is 3.89. The summed E-state index contributed by atoms with van der Waals surface area (Å²) in [6.07, 6.45) is 3.43. The quantitative estimate of drug-likeness (QED) is 0.628. The lowest BCUT2D eigenvalue weighted by Gasteiger charge is -2.44. The van der Waals surface area contributed by atoms with Crippen molar-refractivity contribution in [3.05, 3.63) is 68.8 Å². The predicted molar refractivity (Wildman–Crippen MR) is 129 cm³/mol. The van der Waals surface area contributed by atoms with Crippen LogP contribution in [0.2, 0.25) is 0 Å². The molecular formula is C24H27N4O5S-. The highest BCUT2D eigenvalue weighted by Gasteiger charge is 2.42. The van der Waals surface area contributed by atoms with Gasteiger partial charge in [-0.25, -0.2) is 0 Å². The lowest BCUT2D eigenvalue weighted by Crippen LogP contribution is -2.55. The molecule has 1 fully saturated rings. The molecule has 5 rings (SSSR count). The number of thioether (sulfide) groups is 1. The first-order valence-electron chi connectivity index (χ1n) is 11.5. The van der Waals surface area contributed by atoms with E-state index in [9.17, 15) is 24.8 Å². The summed E-state index contributed by atoms with van der Waals surface area (Å²) in [7, 11) is 0. The number of pyridine rings is 1. The maximum absolute atomic E-state index is 13.8. The molecule has 0 unspecified atom stereocenters. The molecular weight excluding hydrogens is 456 g/mol. The van der Waals surface area contributed by atoms with Gasteiger partial charge in [0, 0.05) is 43.4 Å². The van der Waals surface area contributed by atoms with Crippen molar-refractivity contribution in [2.75, 3.05) is 30.3 Å². The number of benzene rings is 1. The number of carbonyl (C=O) groups excluding carboxylic acids is 2. The van der Waals surface area contributed by atoms with Crippen LogP contribution in [0.1, 0.15) is 40.4 Å². The van der Waals surface area contributed by atoms with Crippen LogP contribution < -0.4 is 10.8 Å². The van der Waals surface area contributed by atoms with Gasteiger partial charge in [-0.05, 0) is 54.5 Å². The van der Waals surface area contributed by atoms with Crippen molar-refractivity contribution in [1.29, 1.82) is 0 Å². The highest BCUT2D eigenvalue weighted by Crippen LogP contribution is 2.37. The van der Waals surface area contributed by atoms with Gasteiger partial charge in [0.1, 0.15) is 11.7 Å². The number of fused-ring (bicyclic) bond motifs is 5.